The van der Waals surface area contributed by atoms with E-state index in [1.54, 1.807) is 0 Å². The van der Waals surface area contributed by atoms with Gasteiger partial charge in [0.25, 0.3) is 0 Å². The summed E-state index contributed by atoms with van der Waals surface area (Å²) in [6.07, 6.45) is -11.1. The molecule has 0 amide bonds. The molecule has 25 heavy (non-hydrogen) atoms. The van der Waals surface area contributed by atoms with Gasteiger partial charge in [-0.15, -0.1) is 0 Å². The minimum atomic E-state index is -7.22. The van der Waals surface area contributed by atoms with E-state index in [2.05, 4.69) is 6.58 Å². The summed E-state index contributed by atoms with van der Waals surface area (Å²) in [4.78, 5) is 9.22. The second kappa shape index (κ2) is 6.23. The lowest BCUT2D eigenvalue weighted by Crippen LogP contribution is -2.63. The zero-order valence-corrected chi connectivity index (χ0v) is 11.1. The van der Waals surface area contributed by atoms with E-state index in [-0.39, 0.29) is 0 Å². The summed E-state index contributed by atoms with van der Waals surface area (Å²) in [6, 6.07) is 0. The van der Waals surface area contributed by atoms with E-state index in [1.807, 2.05) is 0 Å². The molecule has 1 aliphatic rings. The molecule has 0 aromatic heterocycles. The Hall–Kier alpha value is -1.70. The molecule has 0 spiro atoms. The Morgan fingerprint density at radius 2 is 0.960 bits per heavy atom. The fourth-order valence-electron chi connectivity index (χ4n) is 1.35. The topological polar surface area (TPSA) is 37.3 Å². The van der Waals surface area contributed by atoms with Crippen LogP contribution in [0.4, 0.5) is 57.1 Å². The number of rotatable bonds is 1. The van der Waals surface area contributed by atoms with Crippen LogP contribution in [0, 0.1) is 0 Å². The van der Waals surface area contributed by atoms with Crippen molar-refractivity contribution >= 4 is 5.97 Å². The molecule has 2 atom stereocenters. The van der Waals surface area contributed by atoms with Gasteiger partial charge in [0.15, 0.2) is 0 Å². The second-order valence-electron chi connectivity index (χ2n) is 4.50. The van der Waals surface area contributed by atoms with Crippen LogP contribution in [0.3, 0.4) is 0 Å². The molecular formula is C10H5F13O2. The van der Waals surface area contributed by atoms with E-state index in [0.29, 0.717) is 0 Å². The minimum Gasteiger partial charge on any atom is -0.476 e. The van der Waals surface area contributed by atoms with Crippen LogP contribution in [0.5, 0.6) is 0 Å². The fourth-order valence-corrected chi connectivity index (χ4v) is 1.35. The summed E-state index contributed by atoms with van der Waals surface area (Å²) in [6.45, 7) is 2.49. The molecule has 0 aromatic rings. The maximum absolute atomic E-state index is 12.6. The zero-order valence-electron chi connectivity index (χ0n) is 11.1. The Morgan fingerprint density at radius 1 is 0.760 bits per heavy atom. The normalized spacial score (nSPS) is 31.1. The number of carboxylic acids is 1. The molecule has 0 aromatic carbocycles. The molecule has 148 valence electrons. The lowest BCUT2D eigenvalue weighted by Gasteiger charge is -2.33. The summed E-state index contributed by atoms with van der Waals surface area (Å²) in [5.74, 6) is -37.6. The molecule has 1 fully saturated rings. The zero-order chi connectivity index (χ0) is 20.8. The third-order valence-corrected chi connectivity index (χ3v) is 2.78. The Kier molecular flexibility index (Phi) is 5.81. The number of alkyl halides is 12. The maximum Gasteiger partial charge on any atom is 0.381 e. The highest BCUT2D eigenvalue weighted by molar-refractivity contribution is 5.82. The summed E-state index contributed by atoms with van der Waals surface area (Å²) >= 11 is 0. The molecule has 1 saturated carbocycles. The van der Waals surface area contributed by atoms with Crippen molar-refractivity contribution in [3.8, 4) is 0 Å². The quantitative estimate of drug-likeness (QED) is 0.400. The summed E-state index contributed by atoms with van der Waals surface area (Å²) < 4.78 is 162. The minimum absolute atomic E-state index is 1.32. The smallest absolute Gasteiger partial charge is 0.381 e. The average Bonchev–Trinajstić information content (AvgIpc) is 2.45. The van der Waals surface area contributed by atoms with Crippen molar-refractivity contribution in [3.63, 3.8) is 0 Å². The van der Waals surface area contributed by atoms with Crippen LogP contribution in [0.2, 0.25) is 0 Å². The van der Waals surface area contributed by atoms with Gasteiger partial charge in [0.05, 0.1) is 0 Å². The predicted octanol–water partition coefficient (Wildman–Crippen LogP) is 4.41. The van der Waals surface area contributed by atoms with Crippen molar-refractivity contribution in [1.29, 1.82) is 0 Å². The SMILES string of the molecule is C=C(F)C(=O)O.FC1C(F)(F)C(F)C(F)(F)C(F)(F)C(F)(F)C1(F)F. The van der Waals surface area contributed by atoms with Gasteiger partial charge in [0, 0.05) is 0 Å². The number of halogens is 13. The Morgan fingerprint density at radius 3 is 1.12 bits per heavy atom. The van der Waals surface area contributed by atoms with E-state index in [0.717, 1.165) is 0 Å². The Labute approximate surface area is 128 Å². The first-order valence-corrected chi connectivity index (χ1v) is 5.45. The van der Waals surface area contributed by atoms with Gasteiger partial charge in [-0.25, -0.2) is 13.6 Å². The first kappa shape index (κ1) is 23.3. The highest BCUT2D eigenvalue weighted by Gasteiger charge is 2.91. The number of aliphatic carboxylic acids is 1. The molecule has 0 saturated heterocycles. The van der Waals surface area contributed by atoms with Gasteiger partial charge in [0.1, 0.15) is 0 Å². The van der Waals surface area contributed by atoms with Crippen molar-refractivity contribution in [2.24, 2.45) is 0 Å². The Balaban J connectivity index is 0.000000823. The number of carbonyl (C=O) groups is 1. The van der Waals surface area contributed by atoms with Gasteiger partial charge in [0.2, 0.25) is 18.2 Å². The van der Waals surface area contributed by atoms with Gasteiger partial charge < -0.3 is 5.11 Å². The number of hydrogen-bond donors (Lipinski definition) is 1. The molecule has 0 aliphatic heterocycles. The van der Waals surface area contributed by atoms with E-state index in [9.17, 15) is 61.9 Å². The van der Waals surface area contributed by atoms with Crippen LogP contribution in [0.15, 0.2) is 12.4 Å². The fraction of sp³-hybridized carbons (Fsp3) is 0.700. The van der Waals surface area contributed by atoms with Crippen LogP contribution >= 0.6 is 0 Å². The molecule has 2 nitrogen and oxygen atoms in total. The van der Waals surface area contributed by atoms with Gasteiger partial charge in [-0.05, 0) is 0 Å². The van der Waals surface area contributed by atoms with E-state index in [1.165, 1.54) is 0 Å². The highest BCUT2D eigenvalue weighted by Crippen LogP contribution is 2.62. The lowest BCUT2D eigenvalue weighted by atomic mass is 10.00. The molecule has 1 rings (SSSR count). The monoisotopic (exact) mass is 404 g/mol. The van der Waals surface area contributed by atoms with Crippen molar-refractivity contribution in [3.05, 3.63) is 12.4 Å². The molecular weight excluding hydrogens is 399 g/mol. The van der Waals surface area contributed by atoms with Crippen molar-refractivity contribution < 1.29 is 67.0 Å². The summed E-state index contributed by atoms with van der Waals surface area (Å²) in [7, 11) is 0. The molecule has 15 heteroatoms. The van der Waals surface area contributed by atoms with Crippen LogP contribution in [0.1, 0.15) is 0 Å². The molecule has 0 radical (unpaired) electrons. The first-order valence-electron chi connectivity index (χ1n) is 5.45. The summed E-state index contributed by atoms with van der Waals surface area (Å²) in [5.41, 5.74) is 0. The van der Waals surface area contributed by atoms with E-state index in [4.69, 9.17) is 5.11 Å². The Bertz CT molecular complexity index is 495. The number of carboxylic acid groups (broad SMARTS) is 1. The molecule has 1 N–H and O–H groups in total. The highest BCUT2D eigenvalue weighted by atomic mass is 19.4. The third kappa shape index (κ3) is 3.23. The van der Waals surface area contributed by atoms with E-state index < -0.39 is 53.8 Å². The second-order valence-corrected chi connectivity index (χ2v) is 4.50. The van der Waals surface area contributed by atoms with Gasteiger partial charge >= 0.3 is 35.6 Å². The van der Waals surface area contributed by atoms with Crippen LogP contribution in [0.25, 0.3) is 0 Å². The van der Waals surface area contributed by atoms with Crippen LogP contribution < -0.4 is 0 Å². The largest absolute Gasteiger partial charge is 0.476 e. The average molecular weight is 404 g/mol. The van der Waals surface area contributed by atoms with Crippen molar-refractivity contribution in [1.82, 2.24) is 0 Å². The number of hydrogen-bond acceptors (Lipinski definition) is 1. The first-order chi connectivity index (χ1) is 10.7. The third-order valence-electron chi connectivity index (χ3n) is 2.78. The lowest BCUT2D eigenvalue weighted by molar-refractivity contribution is -0.369. The molecule has 0 bridgehead atoms. The van der Waals surface area contributed by atoms with Crippen LogP contribution in [-0.4, -0.2) is 53.0 Å². The molecule has 0 heterocycles. The van der Waals surface area contributed by atoms with Crippen molar-refractivity contribution in [2.75, 3.05) is 0 Å². The van der Waals surface area contributed by atoms with Crippen molar-refractivity contribution in [2.45, 2.75) is 42.0 Å². The van der Waals surface area contributed by atoms with Gasteiger partial charge in [-0.2, -0.15) is 48.3 Å². The summed E-state index contributed by atoms with van der Waals surface area (Å²) in [5, 5.41) is 7.52. The predicted molar refractivity (Wildman–Crippen MR) is 52.4 cm³/mol. The molecule has 2 unspecified atom stereocenters. The molecule has 1 aliphatic carbocycles. The van der Waals surface area contributed by atoms with Crippen LogP contribution in [-0.2, 0) is 4.79 Å². The standard InChI is InChI=1S/C7H2F12.C3H3FO2/c8-1-3(10,11)2(9)5(14,15)7(18,19)6(16,17)4(1,12)13;1-2(4)3(5)6/h1-2H;1H2,(H,5,6). The van der Waals surface area contributed by atoms with E-state index >= 15 is 0 Å². The van der Waals surface area contributed by atoms with Gasteiger partial charge in [-0.1, -0.05) is 6.58 Å². The maximum atomic E-state index is 12.6. The van der Waals surface area contributed by atoms with Gasteiger partial charge in [-0.3, -0.25) is 0 Å².